The summed E-state index contributed by atoms with van der Waals surface area (Å²) < 4.78 is 11.1. The van der Waals surface area contributed by atoms with Crippen LogP contribution in [0.2, 0.25) is 0 Å². The molecule has 0 amide bonds. The third-order valence-electron chi connectivity index (χ3n) is 4.24. The van der Waals surface area contributed by atoms with E-state index in [0.717, 1.165) is 42.0 Å². The largest absolute Gasteiger partial charge is 0.467 e. The standard InChI is InChI=1S/C17H26N2O2/c1-12(2)5-6-19(16-3-4-16)9-13-7-15(18)8-14-10-20-11-21-17(13)14/h7-8,12,16H,3-6,9-11,18H2,1-2H3. The first-order chi connectivity index (χ1) is 10.1. The summed E-state index contributed by atoms with van der Waals surface area (Å²) in [6.45, 7) is 7.61. The predicted molar refractivity (Wildman–Crippen MR) is 84.0 cm³/mol. The van der Waals surface area contributed by atoms with Crippen LogP contribution < -0.4 is 10.5 Å². The van der Waals surface area contributed by atoms with E-state index in [4.69, 9.17) is 15.2 Å². The van der Waals surface area contributed by atoms with Gasteiger partial charge in [-0.2, -0.15) is 0 Å². The van der Waals surface area contributed by atoms with Crippen molar-refractivity contribution in [1.29, 1.82) is 0 Å². The summed E-state index contributed by atoms with van der Waals surface area (Å²) in [5, 5.41) is 0. The normalized spacial score (nSPS) is 17.9. The second-order valence-electron chi connectivity index (χ2n) is 6.66. The quantitative estimate of drug-likeness (QED) is 0.818. The molecule has 4 nitrogen and oxygen atoms in total. The van der Waals surface area contributed by atoms with Crippen molar-refractivity contribution in [2.24, 2.45) is 5.92 Å². The Morgan fingerprint density at radius 3 is 2.86 bits per heavy atom. The average Bonchev–Trinajstić information content (AvgIpc) is 3.27. The first-order valence-corrected chi connectivity index (χ1v) is 7.99. The van der Waals surface area contributed by atoms with Gasteiger partial charge in [0.2, 0.25) is 0 Å². The summed E-state index contributed by atoms with van der Waals surface area (Å²) in [7, 11) is 0. The Hall–Kier alpha value is -1.26. The maximum Gasteiger partial charge on any atom is 0.189 e. The van der Waals surface area contributed by atoms with Crippen LogP contribution in [-0.2, 0) is 17.9 Å². The molecule has 21 heavy (non-hydrogen) atoms. The van der Waals surface area contributed by atoms with E-state index in [1.165, 1.54) is 24.8 Å². The highest BCUT2D eigenvalue weighted by molar-refractivity contribution is 5.53. The van der Waals surface area contributed by atoms with Crippen LogP contribution in [-0.4, -0.2) is 24.3 Å². The molecule has 1 aromatic rings. The van der Waals surface area contributed by atoms with Gasteiger partial charge in [0, 0.05) is 29.4 Å². The maximum absolute atomic E-state index is 6.04. The van der Waals surface area contributed by atoms with Crippen molar-refractivity contribution in [3.05, 3.63) is 23.3 Å². The Morgan fingerprint density at radius 2 is 2.14 bits per heavy atom. The fraction of sp³-hybridized carbons (Fsp3) is 0.647. The zero-order valence-corrected chi connectivity index (χ0v) is 13.1. The molecule has 1 saturated carbocycles. The molecule has 0 aromatic heterocycles. The number of hydrogen-bond acceptors (Lipinski definition) is 4. The second-order valence-corrected chi connectivity index (χ2v) is 6.66. The lowest BCUT2D eigenvalue weighted by molar-refractivity contribution is -0.0174. The lowest BCUT2D eigenvalue weighted by Crippen LogP contribution is -2.28. The molecule has 0 unspecified atom stereocenters. The molecule has 1 aromatic carbocycles. The summed E-state index contributed by atoms with van der Waals surface area (Å²) in [5.41, 5.74) is 9.14. The molecule has 1 fully saturated rings. The summed E-state index contributed by atoms with van der Waals surface area (Å²) in [4.78, 5) is 2.59. The lowest BCUT2D eigenvalue weighted by Gasteiger charge is -2.27. The van der Waals surface area contributed by atoms with E-state index in [2.05, 4.69) is 24.8 Å². The molecule has 0 radical (unpaired) electrons. The molecule has 1 heterocycles. The van der Waals surface area contributed by atoms with Gasteiger partial charge in [-0.1, -0.05) is 13.8 Å². The minimum Gasteiger partial charge on any atom is -0.467 e. The molecule has 1 aliphatic carbocycles. The van der Waals surface area contributed by atoms with Crippen molar-refractivity contribution < 1.29 is 9.47 Å². The number of anilines is 1. The van der Waals surface area contributed by atoms with Gasteiger partial charge >= 0.3 is 0 Å². The number of fused-ring (bicyclic) bond motifs is 1. The molecule has 2 N–H and O–H groups in total. The summed E-state index contributed by atoms with van der Waals surface area (Å²) >= 11 is 0. The van der Waals surface area contributed by atoms with E-state index in [0.29, 0.717) is 13.4 Å². The van der Waals surface area contributed by atoms with E-state index in [1.807, 2.05) is 6.07 Å². The SMILES string of the molecule is CC(C)CCN(Cc1cc(N)cc2c1OCOC2)C1CC1. The van der Waals surface area contributed by atoms with Gasteiger partial charge in [0.15, 0.2) is 6.79 Å². The fourth-order valence-electron chi connectivity index (χ4n) is 2.92. The highest BCUT2D eigenvalue weighted by Gasteiger charge is 2.30. The van der Waals surface area contributed by atoms with Gasteiger partial charge in [-0.15, -0.1) is 0 Å². The van der Waals surface area contributed by atoms with Gasteiger partial charge in [-0.3, -0.25) is 4.90 Å². The molecule has 0 saturated heterocycles. The van der Waals surface area contributed by atoms with Crippen molar-refractivity contribution in [2.45, 2.75) is 52.3 Å². The number of nitrogens with zero attached hydrogens (tertiary/aromatic N) is 1. The molecular formula is C17H26N2O2. The number of nitrogen functional groups attached to an aromatic ring is 1. The van der Waals surface area contributed by atoms with Crippen LogP contribution >= 0.6 is 0 Å². The second kappa shape index (κ2) is 6.24. The molecule has 0 bridgehead atoms. The summed E-state index contributed by atoms with van der Waals surface area (Å²) in [6, 6.07) is 4.78. The molecule has 3 rings (SSSR count). The van der Waals surface area contributed by atoms with Gasteiger partial charge in [0.25, 0.3) is 0 Å². The fourth-order valence-corrected chi connectivity index (χ4v) is 2.92. The molecule has 0 spiro atoms. The van der Waals surface area contributed by atoms with Crippen molar-refractivity contribution >= 4 is 5.69 Å². The Labute approximate surface area is 127 Å². The average molecular weight is 290 g/mol. The van der Waals surface area contributed by atoms with Crippen molar-refractivity contribution in [1.82, 2.24) is 4.90 Å². The van der Waals surface area contributed by atoms with E-state index >= 15 is 0 Å². The number of rotatable bonds is 6. The monoisotopic (exact) mass is 290 g/mol. The van der Waals surface area contributed by atoms with E-state index in [9.17, 15) is 0 Å². The van der Waals surface area contributed by atoms with Crippen LogP contribution in [0.4, 0.5) is 5.69 Å². The van der Waals surface area contributed by atoms with E-state index in [1.54, 1.807) is 0 Å². The third-order valence-corrected chi connectivity index (χ3v) is 4.24. The summed E-state index contributed by atoms with van der Waals surface area (Å²) in [5.74, 6) is 1.73. The minimum absolute atomic E-state index is 0.347. The molecule has 4 heteroatoms. The van der Waals surface area contributed by atoms with Crippen molar-refractivity contribution in [3.8, 4) is 5.75 Å². The zero-order valence-electron chi connectivity index (χ0n) is 13.1. The van der Waals surface area contributed by atoms with Crippen molar-refractivity contribution in [3.63, 3.8) is 0 Å². The Balaban J connectivity index is 1.77. The molecule has 116 valence electrons. The van der Waals surface area contributed by atoms with Crippen LogP contribution in [0.15, 0.2) is 12.1 Å². The van der Waals surface area contributed by atoms with Crippen LogP contribution in [0.1, 0.15) is 44.2 Å². The summed E-state index contributed by atoms with van der Waals surface area (Å²) in [6.07, 6.45) is 3.89. The minimum atomic E-state index is 0.347. The first-order valence-electron chi connectivity index (χ1n) is 7.99. The van der Waals surface area contributed by atoms with Gasteiger partial charge in [0.05, 0.1) is 6.61 Å². The molecule has 2 aliphatic rings. The van der Waals surface area contributed by atoms with E-state index in [-0.39, 0.29) is 0 Å². The van der Waals surface area contributed by atoms with Crippen LogP contribution in [0, 0.1) is 5.92 Å². The molecular weight excluding hydrogens is 264 g/mol. The van der Waals surface area contributed by atoms with Gasteiger partial charge < -0.3 is 15.2 Å². The maximum atomic E-state index is 6.04. The van der Waals surface area contributed by atoms with Crippen LogP contribution in [0.25, 0.3) is 0 Å². The number of nitrogens with two attached hydrogens (primary N) is 1. The van der Waals surface area contributed by atoms with Gasteiger partial charge in [0.1, 0.15) is 5.75 Å². The topological polar surface area (TPSA) is 47.7 Å². The Bertz CT molecular complexity index is 498. The number of hydrogen-bond donors (Lipinski definition) is 1. The van der Waals surface area contributed by atoms with Crippen LogP contribution in [0.5, 0.6) is 5.75 Å². The van der Waals surface area contributed by atoms with Gasteiger partial charge in [-0.05, 0) is 43.9 Å². The molecule has 0 atom stereocenters. The first kappa shape index (κ1) is 14.7. The highest BCUT2D eigenvalue weighted by atomic mass is 16.7. The van der Waals surface area contributed by atoms with E-state index < -0.39 is 0 Å². The van der Waals surface area contributed by atoms with Crippen molar-refractivity contribution in [2.75, 3.05) is 19.1 Å². The zero-order chi connectivity index (χ0) is 14.8. The lowest BCUT2D eigenvalue weighted by atomic mass is 10.1. The number of benzene rings is 1. The predicted octanol–water partition coefficient (Wildman–Crippen LogP) is 3.15. The molecule has 1 aliphatic heterocycles. The van der Waals surface area contributed by atoms with Gasteiger partial charge in [-0.25, -0.2) is 0 Å². The van der Waals surface area contributed by atoms with Crippen LogP contribution in [0.3, 0.4) is 0 Å². The number of ether oxygens (including phenoxy) is 2. The smallest absolute Gasteiger partial charge is 0.189 e. The highest BCUT2D eigenvalue weighted by Crippen LogP contribution is 2.35. The third kappa shape index (κ3) is 3.69. The Kier molecular flexibility index (Phi) is 4.36. The Morgan fingerprint density at radius 1 is 1.33 bits per heavy atom.